The molecule has 0 saturated carbocycles. The third-order valence-corrected chi connectivity index (χ3v) is 5.95. The topological polar surface area (TPSA) is 70.5 Å². The molecule has 1 unspecified atom stereocenters. The molecular formula is C25H21BrN2O3. The molecule has 4 rings (SSSR count). The molecule has 0 aliphatic carbocycles. The number of hydrogen-bond donors (Lipinski definition) is 1. The molecule has 1 fully saturated rings. The summed E-state index contributed by atoms with van der Waals surface area (Å²) < 4.78 is 0.825. The summed E-state index contributed by atoms with van der Waals surface area (Å²) in [6.07, 6.45) is 3.30. The van der Waals surface area contributed by atoms with Gasteiger partial charge in [0.25, 0.3) is 11.7 Å². The molecule has 0 bridgehead atoms. The molecule has 1 N–H and O–H groups in total. The number of aromatic nitrogens is 1. The number of aliphatic hydroxyl groups is 1. The highest BCUT2D eigenvalue weighted by atomic mass is 79.9. The van der Waals surface area contributed by atoms with Crippen LogP contribution in [0.2, 0.25) is 0 Å². The summed E-state index contributed by atoms with van der Waals surface area (Å²) in [5.74, 6) is -1.46. The highest BCUT2D eigenvalue weighted by molar-refractivity contribution is 9.10. The molecule has 3 aromatic rings. The molecule has 2 aromatic carbocycles. The van der Waals surface area contributed by atoms with Crippen LogP contribution in [0.15, 0.2) is 77.0 Å². The molecule has 1 saturated heterocycles. The quantitative estimate of drug-likeness (QED) is 0.323. The number of likely N-dealkylation sites (tertiary alicyclic amines) is 1. The Labute approximate surface area is 189 Å². The van der Waals surface area contributed by atoms with Crippen LogP contribution in [0.4, 0.5) is 0 Å². The molecular weight excluding hydrogens is 456 g/mol. The van der Waals surface area contributed by atoms with Crippen molar-refractivity contribution >= 4 is 33.4 Å². The zero-order chi connectivity index (χ0) is 22.1. The Morgan fingerprint density at radius 2 is 1.81 bits per heavy atom. The van der Waals surface area contributed by atoms with Crippen molar-refractivity contribution in [3.05, 3.63) is 105 Å². The van der Waals surface area contributed by atoms with Gasteiger partial charge in [0.2, 0.25) is 0 Å². The Bertz CT molecular complexity index is 1200. The lowest BCUT2D eigenvalue weighted by molar-refractivity contribution is -0.140. The Morgan fingerprint density at radius 1 is 1.06 bits per heavy atom. The van der Waals surface area contributed by atoms with Crippen molar-refractivity contribution in [3.63, 3.8) is 0 Å². The van der Waals surface area contributed by atoms with E-state index in [-0.39, 0.29) is 17.9 Å². The SMILES string of the molecule is Cc1ccc(C)c(/C(O)=C2\C(=O)C(=O)N(Cc3ccncc3)C2c2cccc(Br)c2)c1. The van der Waals surface area contributed by atoms with Crippen LogP contribution in [0.1, 0.15) is 33.9 Å². The van der Waals surface area contributed by atoms with E-state index in [1.807, 2.05) is 68.4 Å². The number of rotatable bonds is 4. The van der Waals surface area contributed by atoms with Crippen molar-refractivity contribution in [1.29, 1.82) is 0 Å². The third kappa shape index (κ3) is 4.03. The van der Waals surface area contributed by atoms with Crippen LogP contribution < -0.4 is 0 Å². The van der Waals surface area contributed by atoms with Crippen LogP contribution in [0.5, 0.6) is 0 Å². The van der Waals surface area contributed by atoms with Gasteiger partial charge in [0, 0.05) is 29.0 Å². The van der Waals surface area contributed by atoms with E-state index in [1.54, 1.807) is 12.4 Å². The number of carbonyl (C=O) groups excluding carboxylic acids is 2. The monoisotopic (exact) mass is 476 g/mol. The number of benzene rings is 2. The van der Waals surface area contributed by atoms with Crippen LogP contribution in [-0.2, 0) is 16.1 Å². The summed E-state index contributed by atoms with van der Waals surface area (Å²) >= 11 is 3.47. The molecule has 31 heavy (non-hydrogen) atoms. The summed E-state index contributed by atoms with van der Waals surface area (Å²) in [7, 11) is 0. The molecule has 1 amide bonds. The first kappa shape index (κ1) is 21.0. The maximum Gasteiger partial charge on any atom is 0.295 e. The van der Waals surface area contributed by atoms with Crippen LogP contribution in [0.3, 0.4) is 0 Å². The number of ketones is 1. The number of nitrogens with zero attached hydrogens (tertiary/aromatic N) is 2. The van der Waals surface area contributed by atoms with E-state index < -0.39 is 17.7 Å². The Kier molecular flexibility index (Phi) is 5.74. The molecule has 156 valence electrons. The molecule has 0 spiro atoms. The second-order valence-corrected chi connectivity index (χ2v) is 8.57. The molecule has 0 radical (unpaired) electrons. The Balaban J connectivity index is 1.91. The predicted molar refractivity (Wildman–Crippen MR) is 122 cm³/mol. The van der Waals surface area contributed by atoms with E-state index in [1.165, 1.54) is 4.90 Å². The first-order chi connectivity index (χ1) is 14.9. The molecule has 2 heterocycles. The van der Waals surface area contributed by atoms with Gasteiger partial charge in [0.1, 0.15) is 5.76 Å². The number of Topliss-reactive ketones (excluding diaryl/α,β-unsaturated/α-hetero) is 1. The maximum absolute atomic E-state index is 13.2. The molecule has 1 aliphatic heterocycles. The first-order valence-electron chi connectivity index (χ1n) is 9.87. The largest absolute Gasteiger partial charge is 0.507 e. The van der Waals surface area contributed by atoms with E-state index in [0.717, 1.165) is 26.7 Å². The average molecular weight is 477 g/mol. The summed E-state index contributed by atoms with van der Waals surface area (Å²) in [4.78, 5) is 31.8. The Hall–Kier alpha value is -3.25. The highest BCUT2D eigenvalue weighted by Crippen LogP contribution is 2.41. The normalized spacial score (nSPS) is 17.9. The van der Waals surface area contributed by atoms with Crippen LogP contribution in [-0.4, -0.2) is 26.7 Å². The van der Waals surface area contributed by atoms with Crippen molar-refractivity contribution in [3.8, 4) is 0 Å². The fourth-order valence-corrected chi connectivity index (χ4v) is 4.30. The smallest absolute Gasteiger partial charge is 0.295 e. The average Bonchev–Trinajstić information content (AvgIpc) is 3.00. The lowest BCUT2D eigenvalue weighted by Gasteiger charge is -2.25. The maximum atomic E-state index is 13.2. The van der Waals surface area contributed by atoms with Crippen molar-refractivity contribution in [2.24, 2.45) is 0 Å². The van der Waals surface area contributed by atoms with Crippen molar-refractivity contribution in [2.45, 2.75) is 26.4 Å². The predicted octanol–water partition coefficient (Wildman–Crippen LogP) is 5.08. The first-order valence-corrected chi connectivity index (χ1v) is 10.7. The van der Waals surface area contributed by atoms with E-state index in [2.05, 4.69) is 20.9 Å². The summed E-state index contributed by atoms with van der Waals surface area (Å²) in [5.41, 5.74) is 4.04. The molecule has 6 heteroatoms. The standard InChI is InChI=1S/C25H21BrN2O3/c1-15-6-7-16(2)20(12-15)23(29)21-22(18-4-3-5-19(26)13-18)28(25(31)24(21)30)14-17-8-10-27-11-9-17/h3-13,22,29H,14H2,1-2H3/b23-21+. The lowest BCUT2D eigenvalue weighted by Crippen LogP contribution is -2.29. The number of amides is 1. The van der Waals surface area contributed by atoms with Gasteiger partial charge in [-0.3, -0.25) is 14.6 Å². The van der Waals surface area contributed by atoms with Gasteiger partial charge in [-0.25, -0.2) is 0 Å². The number of aliphatic hydroxyl groups excluding tert-OH is 1. The van der Waals surface area contributed by atoms with Gasteiger partial charge in [-0.15, -0.1) is 0 Å². The van der Waals surface area contributed by atoms with Crippen molar-refractivity contribution < 1.29 is 14.7 Å². The zero-order valence-corrected chi connectivity index (χ0v) is 18.8. The van der Waals surface area contributed by atoms with E-state index >= 15 is 0 Å². The second kappa shape index (κ2) is 8.47. The fraction of sp³-hybridized carbons (Fsp3) is 0.160. The van der Waals surface area contributed by atoms with E-state index in [4.69, 9.17) is 0 Å². The van der Waals surface area contributed by atoms with Crippen molar-refractivity contribution in [2.75, 3.05) is 0 Å². The van der Waals surface area contributed by atoms with Gasteiger partial charge in [-0.2, -0.15) is 0 Å². The number of hydrogen-bond acceptors (Lipinski definition) is 4. The van der Waals surface area contributed by atoms with Gasteiger partial charge in [-0.05, 0) is 60.9 Å². The minimum absolute atomic E-state index is 0.103. The van der Waals surface area contributed by atoms with Crippen LogP contribution >= 0.6 is 15.9 Å². The minimum atomic E-state index is -0.703. The van der Waals surface area contributed by atoms with Gasteiger partial charge in [0.05, 0.1) is 11.6 Å². The highest BCUT2D eigenvalue weighted by Gasteiger charge is 2.46. The summed E-state index contributed by atoms with van der Waals surface area (Å²) in [6.45, 7) is 4.02. The van der Waals surface area contributed by atoms with Gasteiger partial charge in [0.15, 0.2) is 0 Å². The molecule has 1 aliphatic rings. The molecule has 1 aromatic heterocycles. The Morgan fingerprint density at radius 3 is 2.52 bits per heavy atom. The number of carbonyl (C=O) groups is 2. The second-order valence-electron chi connectivity index (χ2n) is 7.66. The summed E-state index contributed by atoms with van der Waals surface area (Å²) in [5, 5.41) is 11.3. The van der Waals surface area contributed by atoms with Gasteiger partial charge >= 0.3 is 0 Å². The van der Waals surface area contributed by atoms with Crippen LogP contribution in [0, 0.1) is 13.8 Å². The number of pyridine rings is 1. The van der Waals surface area contributed by atoms with Crippen LogP contribution in [0.25, 0.3) is 5.76 Å². The van der Waals surface area contributed by atoms with E-state index in [0.29, 0.717) is 5.56 Å². The van der Waals surface area contributed by atoms with Gasteiger partial charge in [-0.1, -0.05) is 45.8 Å². The van der Waals surface area contributed by atoms with Crippen molar-refractivity contribution in [1.82, 2.24) is 9.88 Å². The van der Waals surface area contributed by atoms with Gasteiger partial charge < -0.3 is 10.0 Å². The number of halogens is 1. The number of aryl methyl sites for hydroxylation is 2. The fourth-order valence-electron chi connectivity index (χ4n) is 3.89. The molecule has 1 atom stereocenters. The summed E-state index contributed by atoms with van der Waals surface area (Å²) in [6, 6.07) is 16.0. The zero-order valence-electron chi connectivity index (χ0n) is 17.2. The third-order valence-electron chi connectivity index (χ3n) is 5.45. The molecule has 5 nitrogen and oxygen atoms in total. The van der Waals surface area contributed by atoms with E-state index in [9.17, 15) is 14.7 Å². The lowest BCUT2D eigenvalue weighted by atomic mass is 9.93. The minimum Gasteiger partial charge on any atom is -0.507 e.